The molecule has 1 unspecified atom stereocenters. The number of thiophene rings is 2. The fourth-order valence-corrected chi connectivity index (χ4v) is 5.70. The molecular formula is C24H26N4O4S2. The van der Waals surface area contributed by atoms with Crippen LogP contribution in [0.5, 0.6) is 0 Å². The van der Waals surface area contributed by atoms with Gasteiger partial charge in [-0.05, 0) is 35.0 Å². The van der Waals surface area contributed by atoms with Crippen molar-refractivity contribution in [2.75, 3.05) is 45.9 Å². The van der Waals surface area contributed by atoms with Crippen LogP contribution < -0.4 is 0 Å². The first-order valence-electron chi connectivity index (χ1n) is 11.3. The topological polar surface area (TPSA) is 78.6 Å². The second kappa shape index (κ2) is 10.6. The standard InChI is InChI=1S/C24H26N4O4S2/c29-23(28-19(22-6-3-15-34-22)16-18(25-28)21-5-2-14-33-21)17-27(24(30)20-4-1-11-32-20)8-7-26-9-12-31-13-10-26/h1-6,11,14-15,19H,7-10,12-13,16-17H2. The maximum atomic E-state index is 13.6. The molecule has 3 aromatic heterocycles. The van der Waals surface area contributed by atoms with Gasteiger partial charge in [0.1, 0.15) is 6.54 Å². The second-order valence-corrected chi connectivity index (χ2v) is 10.1. The van der Waals surface area contributed by atoms with E-state index in [1.165, 1.54) is 6.26 Å². The SMILES string of the molecule is O=C(c1ccco1)N(CCN1CCOCC1)CC(=O)N1N=C(c2cccs2)CC1c1cccs1. The summed E-state index contributed by atoms with van der Waals surface area (Å²) < 4.78 is 10.8. The molecule has 0 N–H and O–H groups in total. The summed E-state index contributed by atoms with van der Waals surface area (Å²) in [7, 11) is 0. The molecule has 2 amide bonds. The summed E-state index contributed by atoms with van der Waals surface area (Å²) >= 11 is 3.23. The Bertz CT molecular complexity index is 1110. The van der Waals surface area contributed by atoms with Gasteiger partial charge >= 0.3 is 0 Å². The Labute approximate surface area is 206 Å². The van der Waals surface area contributed by atoms with Crippen LogP contribution in [0.1, 0.15) is 32.8 Å². The minimum atomic E-state index is -0.291. The number of rotatable bonds is 8. The van der Waals surface area contributed by atoms with Crippen LogP contribution >= 0.6 is 22.7 Å². The molecule has 5 heterocycles. The minimum absolute atomic E-state index is 0.0625. The average molecular weight is 499 g/mol. The lowest BCUT2D eigenvalue weighted by atomic mass is 10.1. The zero-order valence-corrected chi connectivity index (χ0v) is 20.3. The van der Waals surface area contributed by atoms with Crippen molar-refractivity contribution < 1.29 is 18.7 Å². The monoisotopic (exact) mass is 498 g/mol. The quantitative estimate of drug-likeness (QED) is 0.475. The summed E-state index contributed by atoms with van der Waals surface area (Å²) in [6.07, 6.45) is 2.13. The molecule has 0 aliphatic carbocycles. The summed E-state index contributed by atoms with van der Waals surface area (Å²) in [6, 6.07) is 11.2. The highest BCUT2D eigenvalue weighted by atomic mass is 32.1. The van der Waals surface area contributed by atoms with Crippen molar-refractivity contribution in [3.8, 4) is 0 Å². The molecule has 178 valence electrons. The van der Waals surface area contributed by atoms with Crippen LogP contribution in [0, 0.1) is 0 Å². The number of hydrogen-bond acceptors (Lipinski definition) is 8. The van der Waals surface area contributed by atoms with E-state index in [0.29, 0.717) is 32.7 Å². The van der Waals surface area contributed by atoms with Crippen molar-refractivity contribution >= 4 is 40.2 Å². The third-order valence-electron chi connectivity index (χ3n) is 5.98. The molecule has 0 saturated carbocycles. The number of nitrogens with zero attached hydrogens (tertiary/aromatic N) is 4. The van der Waals surface area contributed by atoms with Crippen LogP contribution in [0.3, 0.4) is 0 Å². The van der Waals surface area contributed by atoms with Gasteiger partial charge < -0.3 is 14.1 Å². The summed E-state index contributed by atoms with van der Waals surface area (Å²) in [5.74, 6) is -0.262. The number of hydrazone groups is 1. The van der Waals surface area contributed by atoms with Crippen molar-refractivity contribution in [3.63, 3.8) is 0 Å². The number of hydrogen-bond donors (Lipinski definition) is 0. The van der Waals surface area contributed by atoms with E-state index in [2.05, 4.69) is 4.90 Å². The molecule has 5 rings (SSSR count). The lowest BCUT2D eigenvalue weighted by molar-refractivity contribution is -0.133. The van der Waals surface area contributed by atoms with Crippen LogP contribution in [-0.2, 0) is 9.53 Å². The summed E-state index contributed by atoms with van der Waals surface area (Å²) in [5, 5.41) is 10.3. The van der Waals surface area contributed by atoms with Gasteiger partial charge in [-0.3, -0.25) is 14.5 Å². The summed E-state index contributed by atoms with van der Waals surface area (Å²) in [4.78, 5) is 32.7. The van der Waals surface area contributed by atoms with E-state index in [1.54, 1.807) is 44.7 Å². The van der Waals surface area contributed by atoms with Crippen LogP contribution in [-0.4, -0.2) is 78.3 Å². The van der Waals surface area contributed by atoms with E-state index in [4.69, 9.17) is 14.3 Å². The average Bonchev–Trinajstić information content (AvgIpc) is 3.67. The predicted molar refractivity (Wildman–Crippen MR) is 131 cm³/mol. The fourth-order valence-electron chi connectivity index (χ4n) is 4.17. The zero-order valence-electron chi connectivity index (χ0n) is 18.7. The minimum Gasteiger partial charge on any atom is -0.459 e. The van der Waals surface area contributed by atoms with Gasteiger partial charge in [0.25, 0.3) is 11.8 Å². The van der Waals surface area contributed by atoms with Gasteiger partial charge in [0.2, 0.25) is 0 Å². The Morgan fingerprint density at radius 1 is 1.09 bits per heavy atom. The Morgan fingerprint density at radius 2 is 1.91 bits per heavy atom. The van der Waals surface area contributed by atoms with E-state index in [-0.39, 0.29) is 30.2 Å². The van der Waals surface area contributed by atoms with Crippen LogP contribution in [0.15, 0.2) is 62.9 Å². The van der Waals surface area contributed by atoms with Gasteiger partial charge in [0.15, 0.2) is 5.76 Å². The molecule has 10 heteroatoms. The van der Waals surface area contributed by atoms with Gasteiger partial charge in [0, 0.05) is 37.5 Å². The first kappa shape index (κ1) is 23.0. The summed E-state index contributed by atoms with van der Waals surface area (Å²) in [5.41, 5.74) is 0.902. The van der Waals surface area contributed by atoms with Crippen molar-refractivity contribution in [2.45, 2.75) is 12.5 Å². The Kier molecular flexibility index (Phi) is 7.19. The van der Waals surface area contributed by atoms with Gasteiger partial charge in [0.05, 0.1) is 36.1 Å². The van der Waals surface area contributed by atoms with Crippen molar-refractivity contribution in [2.24, 2.45) is 5.10 Å². The number of amides is 2. The van der Waals surface area contributed by atoms with E-state index in [9.17, 15) is 9.59 Å². The zero-order chi connectivity index (χ0) is 23.3. The molecule has 2 aliphatic heterocycles. The highest BCUT2D eigenvalue weighted by Crippen LogP contribution is 2.36. The molecule has 3 aromatic rings. The second-order valence-electron chi connectivity index (χ2n) is 8.16. The first-order chi connectivity index (χ1) is 16.7. The lowest BCUT2D eigenvalue weighted by Gasteiger charge is -2.30. The van der Waals surface area contributed by atoms with E-state index in [0.717, 1.165) is 28.6 Å². The lowest BCUT2D eigenvalue weighted by Crippen LogP contribution is -2.46. The molecule has 1 fully saturated rings. The molecular weight excluding hydrogens is 472 g/mol. The van der Waals surface area contributed by atoms with E-state index in [1.807, 2.05) is 35.0 Å². The van der Waals surface area contributed by atoms with E-state index >= 15 is 0 Å². The maximum absolute atomic E-state index is 13.6. The Hall–Kier alpha value is -2.79. The molecule has 2 aliphatic rings. The van der Waals surface area contributed by atoms with Gasteiger partial charge in [-0.25, -0.2) is 5.01 Å². The van der Waals surface area contributed by atoms with Gasteiger partial charge in [-0.15, -0.1) is 22.7 Å². The first-order valence-corrected chi connectivity index (χ1v) is 13.0. The molecule has 1 atom stereocenters. The van der Waals surface area contributed by atoms with Crippen LogP contribution in [0.2, 0.25) is 0 Å². The molecule has 0 bridgehead atoms. The summed E-state index contributed by atoms with van der Waals surface area (Å²) in [6.45, 7) is 4.02. The molecule has 1 saturated heterocycles. The predicted octanol–water partition coefficient (Wildman–Crippen LogP) is 3.55. The van der Waals surface area contributed by atoms with E-state index < -0.39 is 0 Å². The Balaban J connectivity index is 1.35. The number of ether oxygens (including phenoxy) is 1. The third kappa shape index (κ3) is 5.15. The number of carbonyl (C=O) groups is 2. The highest BCUT2D eigenvalue weighted by molar-refractivity contribution is 7.12. The van der Waals surface area contributed by atoms with Crippen molar-refractivity contribution in [1.29, 1.82) is 0 Å². The smallest absolute Gasteiger partial charge is 0.290 e. The normalized spacial score (nSPS) is 18.8. The van der Waals surface area contributed by atoms with Crippen molar-refractivity contribution in [3.05, 3.63) is 68.9 Å². The molecule has 0 radical (unpaired) electrons. The van der Waals surface area contributed by atoms with Gasteiger partial charge in [-0.2, -0.15) is 5.10 Å². The molecule has 0 spiro atoms. The highest BCUT2D eigenvalue weighted by Gasteiger charge is 2.35. The number of morpholine rings is 1. The molecule has 8 nitrogen and oxygen atoms in total. The molecule has 34 heavy (non-hydrogen) atoms. The van der Waals surface area contributed by atoms with Crippen molar-refractivity contribution in [1.82, 2.24) is 14.8 Å². The largest absolute Gasteiger partial charge is 0.459 e. The Morgan fingerprint density at radius 3 is 2.62 bits per heavy atom. The van der Waals surface area contributed by atoms with Gasteiger partial charge in [-0.1, -0.05) is 12.1 Å². The maximum Gasteiger partial charge on any atom is 0.290 e. The molecule has 0 aromatic carbocycles. The number of carbonyl (C=O) groups excluding carboxylic acids is 2. The fraction of sp³-hybridized carbons (Fsp3) is 0.375. The van der Waals surface area contributed by atoms with Crippen LogP contribution in [0.4, 0.5) is 0 Å². The van der Waals surface area contributed by atoms with Crippen LogP contribution in [0.25, 0.3) is 0 Å². The third-order valence-corrected chi connectivity index (χ3v) is 7.87. The number of furan rings is 1.